The second-order valence-electron chi connectivity index (χ2n) is 10.5. The lowest BCUT2D eigenvalue weighted by atomic mass is 9.97. The van der Waals surface area contributed by atoms with Gasteiger partial charge in [-0.2, -0.15) is 0 Å². The van der Waals surface area contributed by atoms with Crippen LogP contribution in [0.3, 0.4) is 0 Å². The summed E-state index contributed by atoms with van der Waals surface area (Å²) in [6.07, 6.45) is 9.49. The molecule has 8 heteroatoms. The highest BCUT2D eigenvalue weighted by molar-refractivity contribution is 5.80. The van der Waals surface area contributed by atoms with Gasteiger partial charge in [0, 0.05) is 29.1 Å². The summed E-state index contributed by atoms with van der Waals surface area (Å²) in [5.41, 5.74) is 1.59. The highest BCUT2D eigenvalue weighted by atomic mass is 16.5. The van der Waals surface area contributed by atoms with E-state index >= 15 is 0 Å². The van der Waals surface area contributed by atoms with Crippen molar-refractivity contribution in [3.63, 3.8) is 0 Å². The monoisotopic (exact) mass is 478 g/mol. The summed E-state index contributed by atoms with van der Waals surface area (Å²) in [5.74, 6) is 2.09. The molecule has 35 heavy (non-hydrogen) atoms. The summed E-state index contributed by atoms with van der Waals surface area (Å²) in [6.45, 7) is 7.67. The molecule has 1 atom stereocenters. The molecule has 2 aliphatic rings. The van der Waals surface area contributed by atoms with Crippen LogP contribution in [0, 0.1) is 5.92 Å². The Morgan fingerprint density at radius 1 is 1.11 bits per heavy atom. The van der Waals surface area contributed by atoms with Gasteiger partial charge in [-0.05, 0) is 73.2 Å². The summed E-state index contributed by atoms with van der Waals surface area (Å²) >= 11 is 0. The minimum atomic E-state index is -0.0254. The van der Waals surface area contributed by atoms with Gasteiger partial charge >= 0.3 is 0 Å². The van der Waals surface area contributed by atoms with Crippen LogP contribution in [0.1, 0.15) is 95.6 Å². The predicted molar refractivity (Wildman–Crippen MR) is 136 cm³/mol. The van der Waals surface area contributed by atoms with Gasteiger partial charge < -0.3 is 9.72 Å². The Labute approximate surface area is 207 Å². The Balaban J connectivity index is 1.53. The fourth-order valence-corrected chi connectivity index (χ4v) is 6.12. The second kappa shape index (κ2) is 10.5. The number of H-pyrrole nitrogens is 1. The third-order valence-corrected chi connectivity index (χ3v) is 7.79. The summed E-state index contributed by atoms with van der Waals surface area (Å²) < 4.78 is 7.80. The maximum absolute atomic E-state index is 13.2. The average Bonchev–Trinajstić information content (AvgIpc) is 3.61. The van der Waals surface area contributed by atoms with Crippen molar-refractivity contribution in [3.05, 3.63) is 46.0 Å². The molecular weight excluding hydrogens is 440 g/mol. The zero-order valence-electron chi connectivity index (χ0n) is 21.2. The van der Waals surface area contributed by atoms with Gasteiger partial charge in [0.1, 0.15) is 5.75 Å². The summed E-state index contributed by atoms with van der Waals surface area (Å²) in [7, 11) is 0. The number of fused-ring (bicyclic) bond motifs is 1. The first-order valence-electron chi connectivity index (χ1n) is 13.4. The van der Waals surface area contributed by atoms with E-state index in [1.807, 2.05) is 31.2 Å². The number of nitrogens with zero attached hydrogens (tertiary/aromatic N) is 5. The molecule has 0 spiro atoms. The molecule has 1 N–H and O–H groups in total. The van der Waals surface area contributed by atoms with Gasteiger partial charge in [-0.3, -0.25) is 9.69 Å². The third-order valence-electron chi connectivity index (χ3n) is 7.79. The zero-order valence-corrected chi connectivity index (χ0v) is 21.2. The highest BCUT2D eigenvalue weighted by Gasteiger charge is 2.36. The summed E-state index contributed by atoms with van der Waals surface area (Å²) in [5, 5.41) is 14.1. The lowest BCUT2D eigenvalue weighted by Crippen LogP contribution is -2.41. The first-order valence-corrected chi connectivity index (χ1v) is 13.4. The van der Waals surface area contributed by atoms with Crippen LogP contribution < -0.4 is 10.3 Å². The molecule has 188 valence electrons. The largest absolute Gasteiger partial charge is 0.494 e. The van der Waals surface area contributed by atoms with Crippen molar-refractivity contribution in [1.82, 2.24) is 30.1 Å². The molecule has 2 heterocycles. The van der Waals surface area contributed by atoms with Gasteiger partial charge in [0.15, 0.2) is 5.82 Å². The second-order valence-corrected chi connectivity index (χ2v) is 10.5. The molecule has 1 unspecified atom stereocenters. The fourth-order valence-electron chi connectivity index (χ4n) is 6.12. The van der Waals surface area contributed by atoms with E-state index in [9.17, 15) is 4.79 Å². The standard InChI is InChI=1S/C27H38N6O2/c1-4-35-23-13-14-24-19(16-23)15-20(27(34)28-24)17-32(21-9-5-6-10-21)25(18(2)3)26-29-30-31-33(26)22-11-7-8-12-22/h13-16,18,21-22,25H,4-12,17H2,1-3H3,(H,28,34). The Bertz CT molecular complexity index is 1190. The van der Waals surface area contributed by atoms with Crippen molar-refractivity contribution in [3.8, 4) is 5.75 Å². The summed E-state index contributed by atoms with van der Waals surface area (Å²) in [4.78, 5) is 18.8. The predicted octanol–water partition coefficient (Wildman–Crippen LogP) is 5.17. The molecule has 1 aromatic carbocycles. The van der Waals surface area contributed by atoms with Crippen molar-refractivity contribution in [2.75, 3.05) is 6.61 Å². The minimum absolute atomic E-state index is 0.0254. The topological polar surface area (TPSA) is 88.9 Å². The van der Waals surface area contributed by atoms with E-state index < -0.39 is 0 Å². The number of pyridine rings is 1. The quantitative estimate of drug-likeness (QED) is 0.456. The van der Waals surface area contributed by atoms with Crippen LogP contribution in [-0.4, -0.2) is 42.7 Å². The highest BCUT2D eigenvalue weighted by Crippen LogP contribution is 2.38. The smallest absolute Gasteiger partial charge is 0.252 e. The summed E-state index contributed by atoms with van der Waals surface area (Å²) in [6, 6.07) is 8.73. The van der Waals surface area contributed by atoms with Crippen LogP contribution in [-0.2, 0) is 6.54 Å². The van der Waals surface area contributed by atoms with Crippen LogP contribution in [0.5, 0.6) is 5.75 Å². The SMILES string of the molecule is CCOc1ccc2[nH]c(=O)c(CN(C3CCCC3)C(c3nnnn3C3CCCC3)C(C)C)cc2c1. The minimum Gasteiger partial charge on any atom is -0.494 e. The molecule has 3 aromatic rings. The number of nitrogens with one attached hydrogen (secondary N) is 1. The van der Waals surface area contributed by atoms with Gasteiger partial charge in [0.05, 0.1) is 18.7 Å². The maximum atomic E-state index is 13.2. The molecule has 0 aliphatic heterocycles. The lowest BCUT2D eigenvalue weighted by molar-refractivity contribution is 0.0826. The van der Waals surface area contributed by atoms with Crippen LogP contribution in [0.15, 0.2) is 29.1 Å². The fraction of sp³-hybridized carbons (Fsp3) is 0.630. The van der Waals surface area contributed by atoms with E-state index in [1.165, 1.54) is 25.7 Å². The zero-order chi connectivity index (χ0) is 24.4. The average molecular weight is 479 g/mol. The van der Waals surface area contributed by atoms with E-state index in [0.717, 1.165) is 53.7 Å². The Hall–Kier alpha value is -2.74. The molecule has 5 rings (SSSR count). The van der Waals surface area contributed by atoms with Crippen molar-refractivity contribution >= 4 is 10.9 Å². The number of hydrogen-bond donors (Lipinski definition) is 1. The number of tetrazole rings is 1. The van der Waals surface area contributed by atoms with Gasteiger partial charge in [-0.1, -0.05) is 39.5 Å². The van der Waals surface area contributed by atoms with E-state index in [-0.39, 0.29) is 11.6 Å². The molecule has 2 aliphatic carbocycles. The maximum Gasteiger partial charge on any atom is 0.252 e. The third kappa shape index (κ3) is 4.99. The number of hydrogen-bond acceptors (Lipinski definition) is 6. The van der Waals surface area contributed by atoms with Crippen molar-refractivity contribution in [1.29, 1.82) is 0 Å². The molecule has 0 saturated heterocycles. The Morgan fingerprint density at radius 2 is 1.86 bits per heavy atom. The number of aromatic nitrogens is 5. The molecule has 2 saturated carbocycles. The van der Waals surface area contributed by atoms with E-state index in [0.29, 0.717) is 31.2 Å². The number of rotatable bonds is 9. The van der Waals surface area contributed by atoms with Crippen molar-refractivity contribution in [2.24, 2.45) is 5.92 Å². The Kier molecular flexibility index (Phi) is 7.18. The number of ether oxygens (including phenoxy) is 1. The van der Waals surface area contributed by atoms with E-state index in [2.05, 4.69) is 43.9 Å². The molecule has 0 amide bonds. The van der Waals surface area contributed by atoms with Gasteiger partial charge in [0.25, 0.3) is 5.56 Å². The van der Waals surface area contributed by atoms with Crippen LogP contribution in [0.2, 0.25) is 0 Å². The Morgan fingerprint density at radius 3 is 2.57 bits per heavy atom. The van der Waals surface area contributed by atoms with Crippen LogP contribution >= 0.6 is 0 Å². The first kappa shape index (κ1) is 24.0. The number of benzene rings is 1. The normalized spacial score (nSPS) is 18.3. The van der Waals surface area contributed by atoms with Gasteiger partial charge in [-0.25, -0.2) is 4.68 Å². The molecule has 0 bridgehead atoms. The molecule has 8 nitrogen and oxygen atoms in total. The lowest BCUT2D eigenvalue weighted by Gasteiger charge is -2.38. The van der Waals surface area contributed by atoms with Gasteiger partial charge in [0.2, 0.25) is 0 Å². The van der Waals surface area contributed by atoms with Crippen LogP contribution in [0.25, 0.3) is 10.9 Å². The van der Waals surface area contributed by atoms with E-state index in [1.54, 1.807) is 0 Å². The first-order chi connectivity index (χ1) is 17.0. The van der Waals surface area contributed by atoms with Crippen molar-refractivity contribution in [2.45, 2.75) is 96.8 Å². The van der Waals surface area contributed by atoms with Crippen molar-refractivity contribution < 1.29 is 4.74 Å². The molecule has 2 aromatic heterocycles. The molecular formula is C27H38N6O2. The van der Waals surface area contributed by atoms with Gasteiger partial charge in [-0.15, -0.1) is 5.10 Å². The van der Waals surface area contributed by atoms with E-state index in [4.69, 9.17) is 4.74 Å². The van der Waals surface area contributed by atoms with Crippen LogP contribution in [0.4, 0.5) is 0 Å². The molecule has 2 fully saturated rings. The molecule has 0 radical (unpaired) electrons. The number of aromatic amines is 1.